The van der Waals surface area contributed by atoms with E-state index in [9.17, 15) is 13.6 Å². The molecule has 0 aromatic heterocycles. The van der Waals surface area contributed by atoms with Crippen molar-refractivity contribution in [1.82, 2.24) is 10.2 Å². The van der Waals surface area contributed by atoms with Gasteiger partial charge in [-0.2, -0.15) is 0 Å². The fourth-order valence-electron chi connectivity index (χ4n) is 1.72. The molecule has 0 aliphatic rings. The molecule has 18 heavy (non-hydrogen) atoms. The van der Waals surface area contributed by atoms with E-state index in [0.717, 1.165) is 6.42 Å². The molecule has 4 nitrogen and oxygen atoms in total. The quantitative estimate of drug-likeness (QED) is 0.642. The van der Waals surface area contributed by atoms with Crippen LogP contribution in [0.4, 0.5) is 8.78 Å². The maximum Gasteiger partial charge on any atom is 0.327 e. The summed E-state index contributed by atoms with van der Waals surface area (Å²) >= 11 is 0. The van der Waals surface area contributed by atoms with Crippen LogP contribution in [0.25, 0.3) is 0 Å². The molecule has 0 saturated carbocycles. The van der Waals surface area contributed by atoms with Crippen molar-refractivity contribution < 1.29 is 18.3 Å². The molecule has 1 unspecified atom stereocenters. The van der Waals surface area contributed by atoms with Crippen molar-refractivity contribution in [2.75, 3.05) is 33.3 Å². The minimum absolute atomic E-state index is 0.191. The fourth-order valence-corrected chi connectivity index (χ4v) is 1.72. The van der Waals surface area contributed by atoms with Crippen LogP contribution in [-0.4, -0.2) is 56.1 Å². The number of alkyl halides is 2. The SMILES string of the molecule is CCCNC(C)(CN(C)CC(F)F)C(=O)OCC. The van der Waals surface area contributed by atoms with Crippen molar-refractivity contribution in [2.24, 2.45) is 0 Å². The van der Waals surface area contributed by atoms with Gasteiger partial charge in [0.25, 0.3) is 6.43 Å². The molecule has 0 fully saturated rings. The molecule has 0 heterocycles. The van der Waals surface area contributed by atoms with Gasteiger partial charge in [-0.25, -0.2) is 8.78 Å². The van der Waals surface area contributed by atoms with Gasteiger partial charge in [0, 0.05) is 6.54 Å². The first-order valence-electron chi connectivity index (χ1n) is 6.24. The molecule has 1 atom stereocenters. The van der Waals surface area contributed by atoms with Crippen LogP contribution >= 0.6 is 0 Å². The average molecular weight is 266 g/mol. The molecular formula is C12H24F2N2O2. The Hall–Kier alpha value is -0.750. The lowest BCUT2D eigenvalue weighted by atomic mass is 10.0. The van der Waals surface area contributed by atoms with Crippen molar-refractivity contribution in [3.63, 3.8) is 0 Å². The maximum atomic E-state index is 12.3. The van der Waals surface area contributed by atoms with Crippen LogP contribution in [0.5, 0.6) is 0 Å². The summed E-state index contributed by atoms with van der Waals surface area (Å²) in [5, 5.41) is 3.07. The Morgan fingerprint density at radius 1 is 1.44 bits per heavy atom. The first-order chi connectivity index (χ1) is 8.35. The van der Waals surface area contributed by atoms with Crippen LogP contribution in [0, 0.1) is 0 Å². The third kappa shape index (κ3) is 6.26. The molecular weight excluding hydrogens is 242 g/mol. The van der Waals surface area contributed by atoms with Crippen molar-refractivity contribution in [2.45, 2.75) is 39.2 Å². The first-order valence-corrected chi connectivity index (χ1v) is 6.24. The average Bonchev–Trinajstić information content (AvgIpc) is 2.25. The molecule has 0 spiro atoms. The van der Waals surface area contributed by atoms with Gasteiger partial charge in [0.05, 0.1) is 13.2 Å². The van der Waals surface area contributed by atoms with Crippen molar-refractivity contribution in [3.05, 3.63) is 0 Å². The highest BCUT2D eigenvalue weighted by Crippen LogP contribution is 2.10. The second kappa shape index (κ2) is 8.37. The Balaban J connectivity index is 4.59. The third-order valence-electron chi connectivity index (χ3n) is 2.53. The van der Waals surface area contributed by atoms with E-state index in [1.165, 1.54) is 4.90 Å². The minimum Gasteiger partial charge on any atom is -0.465 e. The molecule has 0 radical (unpaired) electrons. The molecule has 108 valence electrons. The highest BCUT2D eigenvalue weighted by molar-refractivity contribution is 5.80. The Labute approximate surface area is 108 Å². The van der Waals surface area contributed by atoms with Crippen molar-refractivity contribution in [1.29, 1.82) is 0 Å². The van der Waals surface area contributed by atoms with Crippen LogP contribution in [-0.2, 0) is 9.53 Å². The second-order valence-electron chi connectivity index (χ2n) is 4.57. The molecule has 0 bridgehead atoms. The van der Waals surface area contributed by atoms with Gasteiger partial charge in [-0.3, -0.25) is 9.69 Å². The van der Waals surface area contributed by atoms with Crippen molar-refractivity contribution in [3.8, 4) is 0 Å². The largest absolute Gasteiger partial charge is 0.465 e. The zero-order valence-electron chi connectivity index (χ0n) is 11.6. The molecule has 1 N–H and O–H groups in total. The second-order valence-corrected chi connectivity index (χ2v) is 4.57. The lowest BCUT2D eigenvalue weighted by Crippen LogP contribution is -2.57. The van der Waals surface area contributed by atoms with Crippen LogP contribution < -0.4 is 5.32 Å². The Kier molecular flexibility index (Phi) is 8.02. The summed E-state index contributed by atoms with van der Waals surface area (Å²) in [5.41, 5.74) is -0.949. The summed E-state index contributed by atoms with van der Waals surface area (Å²) in [5.74, 6) is -0.403. The summed E-state index contributed by atoms with van der Waals surface area (Å²) in [7, 11) is 1.57. The number of ether oxygens (including phenoxy) is 1. The topological polar surface area (TPSA) is 41.6 Å². The van der Waals surface area contributed by atoms with E-state index in [0.29, 0.717) is 6.54 Å². The smallest absolute Gasteiger partial charge is 0.327 e. The number of hydrogen-bond acceptors (Lipinski definition) is 4. The third-order valence-corrected chi connectivity index (χ3v) is 2.53. The summed E-state index contributed by atoms with van der Waals surface area (Å²) < 4.78 is 29.6. The predicted molar refractivity (Wildman–Crippen MR) is 66.8 cm³/mol. The molecule has 0 aromatic rings. The number of carbonyl (C=O) groups excluding carboxylic acids is 1. The van der Waals surface area contributed by atoms with E-state index in [1.54, 1.807) is 20.9 Å². The number of rotatable bonds is 9. The van der Waals surface area contributed by atoms with Crippen LogP contribution in [0.3, 0.4) is 0 Å². The summed E-state index contributed by atoms with van der Waals surface area (Å²) in [4.78, 5) is 13.3. The zero-order chi connectivity index (χ0) is 14.2. The molecule has 0 aromatic carbocycles. The van der Waals surface area contributed by atoms with Gasteiger partial charge in [-0.15, -0.1) is 0 Å². The number of esters is 1. The highest BCUT2D eigenvalue weighted by atomic mass is 19.3. The number of halogens is 2. The van der Waals surface area contributed by atoms with Crippen LogP contribution in [0.1, 0.15) is 27.2 Å². The molecule has 0 aliphatic heterocycles. The lowest BCUT2D eigenvalue weighted by Gasteiger charge is -2.32. The van der Waals surface area contributed by atoms with E-state index in [-0.39, 0.29) is 19.7 Å². The molecule has 0 saturated heterocycles. The van der Waals surface area contributed by atoms with Gasteiger partial charge in [0.2, 0.25) is 0 Å². The van der Waals surface area contributed by atoms with Crippen LogP contribution in [0.2, 0.25) is 0 Å². The fraction of sp³-hybridized carbons (Fsp3) is 0.917. The number of nitrogens with one attached hydrogen (secondary N) is 1. The Bertz CT molecular complexity index is 252. The minimum atomic E-state index is -2.41. The van der Waals surface area contributed by atoms with Crippen molar-refractivity contribution >= 4 is 5.97 Å². The van der Waals surface area contributed by atoms with E-state index < -0.39 is 17.9 Å². The monoisotopic (exact) mass is 266 g/mol. The maximum absolute atomic E-state index is 12.3. The molecule has 0 amide bonds. The molecule has 0 rings (SSSR count). The van der Waals surface area contributed by atoms with E-state index >= 15 is 0 Å². The molecule has 6 heteroatoms. The van der Waals surface area contributed by atoms with E-state index in [1.807, 2.05) is 6.92 Å². The van der Waals surface area contributed by atoms with E-state index in [2.05, 4.69) is 5.32 Å². The van der Waals surface area contributed by atoms with E-state index in [4.69, 9.17) is 4.74 Å². The predicted octanol–water partition coefficient (Wildman–Crippen LogP) is 1.50. The summed E-state index contributed by atoms with van der Waals surface area (Å²) in [6.45, 7) is 6.13. The summed E-state index contributed by atoms with van der Waals surface area (Å²) in [6.07, 6.45) is -1.55. The highest BCUT2D eigenvalue weighted by Gasteiger charge is 2.35. The Morgan fingerprint density at radius 2 is 2.06 bits per heavy atom. The lowest BCUT2D eigenvalue weighted by molar-refractivity contribution is -0.151. The van der Waals surface area contributed by atoms with Gasteiger partial charge in [-0.05, 0) is 33.9 Å². The Morgan fingerprint density at radius 3 is 2.50 bits per heavy atom. The van der Waals surface area contributed by atoms with Gasteiger partial charge in [0.1, 0.15) is 5.54 Å². The van der Waals surface area contributed by atoms with Gasteiger partial charge in [0.15, 0.2) is 0 Å². The van der Waals surface area contributed by atoms with Gasteiger partial charge >= 0.3 is 5.97 Å². The first kappa shape index (κ1) is 17.2. The van der Waals surface area contributed by atoms with Gasteiger partial charge in [-0.1, -0.05) is 6.92 Å². The van der Waals surface area contributed by atoms with Crippen LogP contribution in [0.15, 0.2) is 0 Å². The standard InChI is InChI=1S/C12H24F2N2O2/c1-5-7-15-12(3,11(17)18-6-2)9-16(4)8-10(13)14/h10,15H,5-9H2,1-4H3. The normalized spacial score (nSPS) is 14.9. The summed E-state index contributed by atoms with van der Waals surface area (Å²) in [6, 6.07) is 0. The number of nitrogens with zero attached hydrogens (tertiary/aromatic N) is 1. The van der Waals surface area contributed by atoms with Gasteiger partial charge < -0.3 is 10.1 Å². The zero-order valence-corrected chi connectivity index (χ0v) is 11.6. The number of carbonyl (C=O) groups is 1. The number of likely N-dealkylation sites (N-methyl/N-ethyl adjacent to an activating group) is 1. The number of hydrogen-bond donors (Lipinski definition) is 1. The molecule has 0 aliphatic carbocycles.